The molecule has 0 fully saturated rings. The summed E-state index contributed by atoms with van der Waals surface area (Å²) in [4.78, 5) is 5.54. The van der Waals surface area contributed by atoms with Crippen molar-refractivity contribution in [2.24, 2.45) is 0 Å². The number of nitrogens with zero attached hydrogens (tertiary/aromatic N) is 2. The van der Waals surface area contributed by atoms with Crippen LogP contribution in [0.4, 0.5) is 0 Å². The van der Waals surface area contributed by atoms with Gasteiger partial charge in [0, 0.05) is 40.9 Å². The number of nitrogens with one attached hydrogen (secondary N) is 1. The number of aryl methyl sites for hydroxylation is 1. The normalized spacial score (nSPS) is 13.3. The van der Waals surface area contributed by atoms with Gasteiger partial charge in [0.05, 0.1) is 11.4 Å². The molecule has 0 aromatic carbocycles. The molecule has 0 spiro atoms. The minimum atomic E-state index is -0.682. The van der Waals surface area contributed by atoms with Crippen LogP contribution >= 0.6 is 11.3 Å². The van der Waals surface area contributed by atoms with E-state index in [2.05, 4.69) is 20.9 Å². The van der Waals surface area contributed by atoms with E-state index in [0.717, 1.165) is 35.9 Å². The van der Waals surface area contributed by atoms with E-state index < -0.39 is 10.8 Å². The van der Waals surface area contributed by atoms with Gasteiger partial charge < -0.3 is 5.32 Å². The molecule has 94 valence electrons. The minimum Gasteiger partial charge on any atom is -0.311 e. The van der Waals surface area contributed by atoms with Crippen LogP contribution in [-0.4, -0.2) is 32.1 Å². The molecule has 6 heteroatoms. The summed E-state index contributed by atoms with van der Waals surface area (Å²) in [6, 6.07) is 0. The molecule has 0 aliphatic carbocycles. The van der Waals surface area contributed by atoms with Crippen molar-refractivity contribution in [1.82, 2.24) is 14.7 Å². The van der Waals surface area contributed by atoms with E-state index in [-0.39, 0.29) is 0 Å². The average molecular weight is 271 g/mol. The molecule has 2 aromatic rings. The van der Waals surface area contributed by atoms with Gasteiger partial charge >= 0.3 is 0 Å². The molecule has 4 nitrogen and oxygen atoms in total. The van der Waals surface area contributed by atoms with E-state index in [9.17, 15) is 4.21 Å². The van der Waals surface area contributed by atoms with E-state index in [4.69, 9.17) is 0 Å². The van der Waals surface area contributed by atoms with Crippen LogP contribution in [0.3, 0.4) is 0 Å². The van der Waals surface area contributed by atoms with Crippen LogP contribution < -0.4 is 5.32 Å². The van der Waals surface area contributed by atoms with Gasteiger partial charge in [0.15, 0.2) is 4.96 Å². The Bertz CT molecular complexity index is 518. The maximum Gasteiger partial charge on any atom is 0.194 e. The lowest BCUT2D eigenvalue weighted by molar-refractivity contribution is 0.651. The van der Waals surface area contributed by atoms with Gasteiger partial charge in [0.25, 0.3) is 0 Å². The zero-order valence-corrected chi connectivity index (χ0v) is 11.7. The monoisotopic (exact) mass is 271 g/mol. The number of thiazole rings is 1. The Morgan fingerprint density at radius 1 is 1.59 bits per heavy atom. The largest absolute Gasteiger partial charge is 0.311 e. The molecule has 2 rings (SSSR count). The van der Waals surface area contributed by atoms with Crippen LogP contribution in [0.25, 0.3) is 4.96 Å². The predicted octanol–water partition coefficient (Wildman–Crippen LogP) is 1.56. The molecule has 2 aromatic heterocycles. The summed E-state index contributed by atoms with van der Waals surface area (Å²) < 4.78 is 13.0. The summed E-state index contributed by atoms with van der Waals surface area (Å²) in [5.74, 6) is 0.770. The summed E-state index contributed by atoms with van der Waals surface area (Å²) in [6.07, 6.45) is 4.75. The molecule has 0 radical (unpaired) electrons. The molecular weight excluding hydrogens is 254 g/mol. The van der Waals surface area contributed by atoms with Crippen LogP contribution in [0.1, 0.15) is 17.8 Å². The fraction of sp³-hybridized carbons (Fsp3) is 0.545. The van der Waals surface area contributed by atoms with Gasteiger partial charge in [-0.2, -0.15) is 0 Å². The van der Waals surface area contributed by atoms with Crippen molar-refractivity contribution in [3.63, 3.8) is 0 Å². The Morgan fingerprint density at radius 3 is 3.18 bits per heavy atom. The lowest BCUT2D eigenvalue weighted by Crippen LogP contribution is -2.18. The van der Waals surface area contributed by atoms with E-state index >= 15 is 0 Å². The average Bonchev–Trinajstić information content (AvgIpc) is 2.80. The third-order valence-electron chi connectivity index (χ3n) is 2.64. The molecule has 17 heavy (non-hydrogen) atoms. The zero-order valence-electron chi connectivity index (χ0n) is 10.1. The van der Waals surface area contributed by atoms with Gasteiger partial charge in [-0.15, -0.1) is 11.3 Å². The second-order valence-electron chi connectivity index (χ2n) is 4.01. The van der Waals surface area contributed by atoms with E-state index in [1.54, 1.807) is 17.6 Å². The first-order valence-electron chi connectivity index (χ1n) is 5.60. The highest BCUT2D eigenvalue weighted by Gasteiger charge is 2.08. The quantitative estimate of drug-likeness (QED) is 0.811. The lowest BCUT2D eigenvalue weighted by Gasteiger charge is -2.04. The smallest absolute Gasteiger partial charge is 0.194 e. The second kappa shape index (κ2) is 5.75. The topological polar surface area (TPSA) is 46.4 Å². The maximum atomic E-state index is 10.9. The third kappa shape index (κ3) is 3.14. The fourth-order valence-corrected chi connectivity index (χ4v) is 3.09. The number of fused-ring (bicyclic) bond motifs is 1. The Balaban J connectivity index is 1.88. The summed E-state index contributed by atoms with van der Waals surface area (Å²) in [5, 5.41) is 5.42. The van der Waals surface area contributed by atoms with Gasteiger partial charge in [-0.3, -0.25) is 8.61 Å². The van der Waals surface area contributed by atoms with Gasteiger partial charge in [-0.05, 0) is 19.9 Å². The molecule has 0 saturated carbocycles. The summed E-state index contributed by atoms with van der Waals surface area (Å²) in [7, 11) is -0.682. The number of rotatable bonds is 6. The number of aromatic nitrogens is 2. The van der Waals surface area contributed by atoms with Gasteiger partial charge in [0.2, 0.25) is 0 Å². The van der Waals surface area contributed by atoms with Crippen molar-refractivity contribution in [3.8, 4) is 0 Å². The number of hydrogen-bond acceptors (Lipinski definition) is 4. The first-order valence-corrected chi connectivity index (χ1v) is 8.21. The summed E-state index contributed by atoms with van der Waals surface area (Å²) in [6.45, 7) is 3.76. The Kier molecular flexibility index (Phi) is 4.31. The molecule has 1 N–H and O–H groups in total. The van der Waals surface area contributed by atoms with Crippen molar-refractivity contribution in [1.29, 1.82) is 0 Å². The predicted molar refractivity (Wildman–Crippen MR) is 73.1 cm³/mol. The molecule has 1 atom stereocenters. The lowest BCUT2D eigenvalue weighted by atomic mass is 10.3. The first-order chi connectivity index (χ1) is 8.18. The van der Waals surface area contributed by atoms with Gasteiger partial charge in [-0.1, -0.05) is 0 Å². The van der Waals surface area contributed by atoms with Gasteiger partial charge in [0.1, 0.15) is 0 Å². The highest BCUT2D eigenvalue weighted by molar-refractivity contribution is 7.84. The maximum absolute atomic E-state index is 10.9. The van der Waals surface area contributed by atoms with Crippen LogP contribution in [-0.2, 0) is 17.3 Å². The first kappa shape index (κ1) is 12.7. The molecule has 0 aliphatic heterocycles. The van der Waals surface area contributed by atoms with Crippen molar-refractivity contribution in [2.75, 3.05) is 18.6 Å². The second-order valence-corrected chi connectivity index (χ2v) is 6.43. The molecule has 1 unspecified atom stereocenters. The van der Waals surface area contributed by atoms with Crippen LogP contribution in [0.5, 0.6) is 0 Å². The molecule has 0 saturated heterocycles. The van der Waals surface area contributed by atoms with E-state index in [0.29, 0.717) is 0 Å². The van der Waals surface area contributed by atoms with Crippen LogP contribution in [0.2, 0.25) is 0 Å². The minimum absolute atomic E-state index is 0.682. The van der Waals surface area contributed by atoms with Crippen molar-refractivity contribution in [2.45, 2.75) is 19.9 Å². The molecular formula is C11H17N3OS2. The molecule has 2 heterocycles. The zero-order chi connectivity index (χ0) is 12.3. The summed E-state index contributed by atoms with van der Waals surface area (Å²) >= 11 is 1.65. The highest BCUT2D eigenvalue weighted by atomic mass is 32.2. The fourth-order valence-electron chi connectivity index (χ4n) is 1.76. The number of imidazole rings is 1. The molecule has 0 bridgehead atoms. The SMILES string of the molecule is Cc1nc2sccn2c1CNCCCS(C)=O. The third-order valence-corrected chi connectivity index (χ3v) is 4.26. The Morgan fingerprint density at radius 2 is 2.41 bits per heavy atom. The standard InChI is InChI=1S/C11H17N3OS2/c1-9-10(8-12-4-3-7-17(2)15)14-5-6-16-11(14)13-9/h5-6,12H,3-4,7-8H2,1-2H3. The van der Waals surface area contributed by atoms with Crippen LogP contribution in [0.15, 0.2) is 11.6 Å². The van der Waals surface area contributed by atoms with Crippen molar-refractivity contribution >= 4 is 27.1 Å². The summed E-state index contributed by atoms with van der Waals surface area (Å²) in [5.41, 5.74) is 2.31. The highest BCUT2D eigenvalue weighted by Crippen LogP contribution is 2.16. The molecule has 0 aliphatic rings. The van der Waals surface area contributed by atoms with Gasteiger partial charge in [-0.25, -0.2) is 4.98 Å². The number of hydrogen-bond donors (Lipinski definition) is 1. The van der Waals surface area contributed by atoms with Crippen molar-refractivity contribution in [3.05, 3.63) is 23.0 Å². The van der Waals surface area contributed by atoms with Crippen molar-refractivity contribution < 1.29 is 4.21 Å². The Labute approximate surface area is 108 Å². The molecule has 0 amide bonds. The van der Waals surface area contributed by atoms with E-state index in [1.165, 1.54) is 5.69 Å². The van der Waals surface area contributed by atoms with E-state index in [1.807, 2.05) is 12.3 Å². The Hall–Kier alpha value is -0.720. The van der Waals surface area contributed by atoms with Crippen LogP contribution in [0, 0.1) is 6.92 Å².